The molecule has 4 aliphatic rings. The summed E-state index contributed by atoms with van der Waals surface area (Å²) in [6.07, 6.45) is 10.3. The van der Waals surface area contributed by atoms with E-state index in [0.29, 0.717) is 17.6 Å². The molecule has 0 spiro atoms. The van der Waals surface area contributed by atoms with Crippen LogP contribution in [0.3, 0.4) is 0 Å². The number of fused-ring (bicyclic) bond motifs is 5. The van der Waals surface area contributed by atoms with Crippen molar-refractivity contribution in [1.29, 1.82) is 0 Å². The number of carbonyl (C=O) groups excluding carboxylic acids is 1. The van der Waals surface area contributed by atoms with Gasteiger partial charge in [-0.1, -0.05) is 6.92 Å². The van der Waals surface area contributed by atoms with Crippen molar-refractivity contribution < 1.29 is 14.6 Å². The summed E-state index contributed by atoms with van der Waals surface area (Å²) in [5, 5.41) is 10.7. The molecule has 4 fully saturated rings. The third-order valence-electron chi connectivity index (χ3n) is 9.56. The van der Waals surface area contributed by atoms with Gasteiger partial charge in [0, 0.05) is 13.0 Å². The SMILES string of the molecule is COC[C@]12CC[C@@](C)(O)C[C@H]1CC[C@@H]1[C@@H]2CC[C@]2(C)C(C(C)=O)CC[C@@H]12. The first-order valence-corrected chi connectivity index (χ1v) is 11.0. The Kier molecular flexibility index (Phi) is 4.59. The Morgan fingerprint density at radius 2 is 1.81 bits per heavy atom. The molecule has 0 aliphatic heterocycles. The predicted molar refractivity (Wildman–Crippen MR) is 103 cm³/mol. The molecule has 3 nitrogen and oxygen atoms in total. The fourth-order valence-corrected chi connectivity index (χ4v) is 8.45. The molecule has 1 unspecified atom stereocenters. The minimum Gasteiger partial charge on any atom is -0.390 e. The highest BCUT2D eigenvalue weighted by atomic mass is 16.5. The maximum absolute atomic E-state index is 12.3. The second kappa shape index (κ2) is 6.30. The third-order valence-corrected chi connectivity index (χ3v) is 9.56. The van der Waals surface area contributed by atoms with E-state index in [9.17, 15) is 9.90 Å². The van der Waals surface area contributed by atoms with E-state index in [-0.39, 0.29) is 16.7 Å². The van der Waals surface area contributed by atoms with Crippen LogP contribution in [0.4, 0.5) is 0 Å². The number of methoxy groups -OCH3 is 1. The van der Waals surface area contributed by atoms with Crippen LogP contribution in [0, 0.1) is 40.4 Å². The van der Waals surface area contributed by atoms with E-state index in [4.69, 9.17) is 4.74 Å². The van der Waals surface area contributed by atoms with Crippen LogP contribution in [0.15, 0.2) is 0 Å². The van der Waals surface area contributed by atoms with Crippen LogP contribution >= 0.6 is 0 Å². The second-order valence-corrected chi connectivity index (χ2v) is 10.8. The molecule has 0 heterocycles. The maximum atomic E-state index is 12.3. The molecule has 4 rings (SSSR count). The van der Waals surface area contributed by atoms with Crippen molar-refractivity contribution in [2.45, 2.75) is 84.2 Å². The van der Waals surface area contributed by atoms with Gasteiger partial charge in [-0.05, 0) is 106 Å². The second-order valence-electron chi connectivity index (χ2n) is 10.8. The van der Waals surface area contributed by atoms with Crippen molar-refractivity contribution in [2.24, 2.45) is 40.4 Å². The van der Waals surface area contributed by atoms with Gasteiger partial charge >= 0.3 is 0 Å². The van der Waals surface area contributed by atoms with Gasteiger partial charge in [-0.3, -0.25) is 4.79 Å². The van der Waals surface area contributed by atoms with Gasteiger partial charge in [0.1, 0.15) is 5.78 Å². The molecule has 3 heteroatoms. The zero-order valence-electron chi connectivity index (χ0n) is 17.2. The topological polar surface area (TPSA) is 46.5 Å². The Labute approximate surface area is 159 Å². The van der Waals surface area contributed by atoms with Gasteiger partial charge in [-0.15, -0.1) is 0 Å². The van der Waals surface area contributed by atoms with E-state index in [1.54, 1.807) is 0 Å². The first-order valence-electron chi connectivity index (χ1n) is 11.0. The van der Waals surface area contributed by atoms with Crippen LogP contribution in [0.2, 0.25) is 0 Å². The van der Waals surface area contributed by atoms with Crippen LogP contribution in [0.5, 0.6) is 0 Å². The Hall–Kier alpha value is -0.410. The highest BCUT2D eigenvalue weighted by Crippen LogP contribution is 2.68. The first kappa shape index (κ1) is 18.9. The fraction of sp³-hybridized carbons (Fsp3) is 0.957. The molecule has 1 N–H and O–H groups in total. The molecule has 4 saturated carbocycles. The average Bonchev–Trinajstić information content (AvgIpc) is 2.92. The van der Waals surface area contributed by atoms with Crippen LogP contribution in [-0.4, -0.2) is 30.2 Å². The van der Waals surface area contributed by atoms with Gasteiger partial charge in [0.15, 0.2) is 0 Å². The summed E-state index contributed by atoms with van der Waals surface area (Å²) in [6.45, 7) is 7.13. The molecule has 0 aromatic heterocycles. The highest BCUT2D eigenvalue weighted by Gasteiger charge is 2.62. The third kappa shape index (κ3) is 2.64. The maximum Gasteiger partial charge on any atom is 0.133 e. The van der Waals surface area contributed by atoms with Crippen molar-refractivity contribution in [3.8, 4) is 0 Å². The lowest BCUT2D eigenvalue weighted by Gasteiger charge is -2.62. The standard InChI is InChI=1S/C23H38O3/c1-15(24)18-7-8-19-17-6-5-16-13-21(2,25)11-12-23(16,14-26-4)20(17)9-10-22(18,19)3/h16-20,25H,5-14H2,1-4H3/t16-,17+,18?,19+,20+,21-,22-,23-/m1/s1. The van der Waals surface area contributed by atoms with Crippen LogP contribution in [-0.2, 0) is 9.53 Å². The van der Waals surface area contributed by atoms with E-state index >= 15 is 0 Å². The number of rotatable bonds is 3. The zero-order chi connectivity index (χ0) is 18.7. The van der Waals surface area contributed by atoms with Gasteiger partial charge in [0.05, 0.1) is 12.2 Å². The largest absolute Gasteiger partial charge is 0.390 e. The number of hydrogen-bond acceptors (Lipinski definition) is 3. The van der Waals surface area contributed by atoms with E-state index in [0.717, 1.165) is 44.1 Å². The Balaban J connectivity index is 1.65. The number of ether oxygens (including phenoxy) is 1. The summed E-state index contributed by atoms with van der Waals surface area (Å²) < 4.78 is 5.82. The summed E-state index contributed by atoms with van der Waals surface area (Å²) >= 11 is 0. The van der Waals surface area contributed by atoms with E-state index in [2.05, 4.69) is 6.92 Å². The van der Waals surface area contributed by atoms with E-state index in [1.165, 1.54) is 32.1 Å². The molecule has 26 heavy (non-hydrogen) atoms. The van der Waals surface area contributed by atoms with Crippen molar-refractivity contribution in [3.05, 3.63) is 0 Å². The van der Waals surface area contributed by atoms with E-state index < -0.39 is 5.60 Å². The fourth-order valence-electron chi connectivity index (χ4n) is 8.45. The average molecular weight is 363 g/mol. The number of ketones is 1. The molecule has 8 atom stereocenters. The van der Waals surface area contributed by atoms with Gasteiger partial charge in [-0.25, -0.2) is 0 Å². The Bertz CT molecular complexity index is 570. The highest BCUT2D eigenvalue weighted by molar-refractivity contribution is 5.79. The Morgan fingerprint density at radius 1 is 1.04 bits per heavy atom. The monoisotopic (exact) mass is 362 g/mol. The summed E-state index contributed by atoms with van der Waals surface area (Å²) in [5.41, 5.74) is -0.00514. The number of aliphatic hydroxyl groups is 1. The summed E-state index contributed by atoms with van der Waals surface area (Å²) in [7, 11) is 1.86. The van der Waals surface area contributed by atoms with Gasteiger partial charge in [0.25, 0.3) is 0 Å². The van der Waals surface area contributed by atoms with Crippen molar-refractivity contribution in [3.63, 3.8) is 0 Å². The van der Waals surface area contributed by atoms with Crippen molar-refractivity contribution in [2.75, 3.05) is 13.7 Å². The molecular formula is C23H38O3. The lowest BCUT2D eigenvalue weighted by atomic mass is 9.43. The molecule has 0 radical (unpaired) electrons. The minimum atomic E-state index is -0.495. The normalized spacial score (nSPS) is 53.5. The summed E-state index contributed by atoms with van der Waals surface area (Å²) in [6, 6.07) is 0. The predicted octanol–water partition coefficient (Wildman–Crippen LogP) is 4.61. The van der Waals surface area contributed by atoms with Crippen molar-refractivity contribution >= 4 is 5.78 Å². The smallest absolute Gasteiger partial charge is 0.133 e. The summed E-state index contributed by atoms with van der Waals surface area (Å²) in [5.74, 6) is 3.50. The first-order chi connectivity index (χ1) is 12.2. The lowest BCUT2D eigenvalue weighted by Crippen LogP contribution is -2.58. The quantitative estimate of drug-likeness (QED) is 0.797. The zero-order valence-corrected chi connectivity index (χ0v) is 17.2. The minimum absolute atomic E-state index is 0.230. The Morgan fingerprint density at radius 3 is 2.50 bits per heavy atom. The lowest BCUT2D eigenvalue weighted by molar-refractivity contribution is -0.175. The summed E-state index contributed by atoms with van der Waals surface area (Å²) in [4.78, 5) is 12.3. The van der Waals surface area contributed by atoms with Crippen LogP contribution in [0.1, 0.15) is 78.6 Å². The number of carbonyl (C=O) groups is 1. The van der Waals surface area contributed by atoms with Gasteiger partial charge in [-0.2, -0.15) is 0 Å². The van der Waals surface area contributed by atoms with Gasteiger partial charge in [0.2, 0.25) is 0 Å². The molecule has 0 bridgehead atoms. The van der Waals surface area contributed by atoms with Crippen molar-refractivity contribution in [1.82, 2.24) is 0 Å². The number of hydrogen-bond donors (Lipinski definition) is 1. The van der Waals surface area contributed by atoms with E-state index in [1.807, 2.05) is 21.0 Å². The molecule has 0 amide bonds. The van der Waals surface area contributed by atoms with Crippen LogP contribution in [0.25, 0.3) is 0 Å². The molecule has 0 aromatic carbocycles. The van der Waals surface area contributed by atoms with Crippen LogP contribution < -0.4 is 0 Å². The molecule has 4 aliphatic carbocycles. The van der Waals surface area contributed by atoms with Gasteiger partial charge < -0.3 is 9.84 Å². The number of Topliss-reactive ketones (excluding diaryl/α,β-unsaturated/α-hetero) is 1. The molecular weight excluding hydrogens is 324 g/mol. The molecule has 0 aromatic rings. The molecule has 0 saturated heterocycles. The molecule has 148 valence electrons.